The minimum Gasteiger partial charge on any atom is -0.309 e. The molecule has 0 saturated carbocycles. The summed E-state index contributed by atoms with van der Waals surface area (Å²) in [4.78, 5) is 2.52. The van der Waals surface area contributed by atoms with Gasteiger partial charge in [0, 0.05) is 36.8 Å². The number of hydrogen-bond acceptors (Lipinski definition) is 2. The van der Waals surface area contributed by atoms with Crippen molar-refractivity contribution >= 4 is 70.1 Å². The normalized spacial score (nSPS) is 11.4. The number of nitrogens with zero attached hydrogens (tertiary/aromatic N) is 1. The van der Waals surface area contributed by atoms with Crippen LogP contribution in [0.3, 0.4) is 0 Å². The molecule has 0 N–H and O–H groups in total. The lowest BCUT2D eigenvalue weighted by molar-refractivity contribution is 1.30. The number of fused-ring (bicyclic) bond motifs is 6. The van der Waals surface area contributed by atoms with Crippen LogP contribution in [0.4, 0.5) is 17.1 Å². The Morgan fingerprint density at radius 2 is 0.862 bits per heavy atom. The van der Waals surface area contributed by atoms with E-state index in [2.05, 4.69) is 229 Å². The van der Waals surface area contributed by atoms with Gasteiger partial charge in [-0.2, -0.15) is 0 Å². The van der Waals surface area contributed by atoms with Crippen molar-refractivity contribution in [3.05, 3.63) is 224 Å². The van der Waals surface area contributed by atoms with E-state index in [4.69, 9.17) is 0 Å². The van der Waals surface area contributed by atoms with Gasteiger partial charge in [0.05, 0.1) is 11.4 Å². The van der Waals surface area contributed by atoms with Gasteiger partial charge >= 0.3 is 0 Å². The molecule has 0 radical (unpaired) electrons. The first kappa shape index (κ1) is 34.0. The first-order valence-corrected chi connectivity index (χ1v) is 20.7. The topological polar surface area (TPSA) is 3.24 Å². The maximum Gasteiger partial charge on any atom is 0.0546 e. The summed E-state index contributed by atoms with van der Waals surface area (Å²) in [7, 11) is 0. The highest BCUT2D eigenvalue weighted by Crippen LogP contribution is 2.51. The predicted molar refractivity (Wildman–Crippen MR) is 251 cm³/mol. The molecule has 0 spiro atoms. The van der Waals surface area contributed by atoms with E-state index in [1.54, 1.807) is 0 Å². The lowest BCUT2D eigenvalue weighted by atomic mass is 9.87. The fraction of sp³-hybridized carbons (Fsp3) is 0. The van der Waals surface area contributed by atoms with Gasteiger partial charge in [0.2, 0.25) is 0 Å². The van der Waals surface area contributed by atoms with Gasteiger partial charge in [-0.15, -0.1) is 11.3 Å². The van der Waals surface area contributed by atoms with Crippen molar-refractivity contribution in [2.75, 3.05) is 4.90 Å². The summed E-state index contributed by atoms with van der Waals surface area (Å²) in [5.41, 5.74) is 12.9. The predicted octanol–water partition coefficient (Wildman–Crippen LogP) is 16.5. The Balaban J connectivity index is 1.24. The van der Waals surface area contributed by atoms with E-state index in [1.165, 1.54) is 86.2 Å². The van der Waals surface area contributed by atoms with E-state index in [0.717, 1.165) is 17.1 Å². The summed E-state index contributed by atoms with van der Waals surface area (Å²) in [5.74, 6) is 0. The standard InChI is InChI=1S/C56H37NS/c1-3-18-38(19-4-1)43-25-9-12-30-50(43)55-45(39-20-5-2-6-21-39)31-17-34-52(55)57(53-37-41-22-7-8-26-44(41)47-27-10-11-28-48(47)53)42-24-15-23-40(36-42)46-32-16-33-51-49-29-13-14-35-54(49)58-56(46)51/h1-37H. The number of rotatable bonds is 7. The zero-order valence-electron chi connectivity index (χ0n) is 31.7. The molecule has 0 bridgehead atoms. The summed E-state index contributed by atoms with van der Waals surface area (Å²) in [5, 5.41) is 7.50. The molecule has 272 valence electrons. The van der Waals surface area contributed by atoms with Gasteiger partial charge in [0.15, 0.2) is 0 Å². The number of thiophene rings is 1. The minimum absolute atomic E-state index is 1.10. The lowest BCUT2D eigenvalue weighted by Gasteiger charge is -2.31. The van der Waals surface area contributed by atoms with Gasteiger partial charge in [-0.25, -0.2) is 0 Å². The van der Waals surface area contributed by atoms with Crippen LogP contribution in [-0.4, -0.2) is 0 Å². The molecule has 58 heavy (non-hydrogen) atoms. The van der Waals surface area contributed by atoms with Gasteiger partial charge in [0.25, 0.3) is 0 Å². The van der Waals surface area contributed by atoms with Crippen molar-refractivity contribution in [2.45, 2.75) is 0 Å². The van der Waals surface area contributed by atoms with Crippen molar-refractivity contribution in [1.82, 2.24) is 0 Å². The second-order valence-electron chi connectivity index (χ2n) is 14.8. The van der Waals surface area contributed by atoms with E-state index in [0.29, 0.717) is 0 Å². The highest BCUT2D eigenvalue weighted by molar-refractivity contribution is 7.26. The Morgan fingerprint density at radius 3 is 1.67 bits per heavy atom. The number of hydrogen-bond donors (Lipinski definition) is 0. The molecule has 0 aliphatic carbocycles. The van der Waals surface area contributed by atoms with Crippen molar-refractivity contribution in [1.29, 1.82) is 0 Å². The van der Waals surface area contributed by atoms with Gasteiger partial charge in [-0.05, 0) is 85.4 Å². The van der Waals surface area contributed by atoms with Gasteiger partial charge in [-0.1, -0.05) is 194 Å². The number of benzene rings is 10. The molecule has 11 aromatic rings. The Hall–Kier alpha value is -7.26. The second-order valence-corrected chi connectivity index (χ2v) is 15.9. The van der Waals surface area contributed by atoms with E-state index in [1.807, 2.05) is 11.3 Å². The second kappa shape index (κ2) is 14.4. The van der Waals surface area contributed by atoms with E-state index in [-0.39, 0.29) is 0 Å². The summed E-state index contributed by atoms with van der Waals surface area (Å²) < 4.78 is 2.62. The van der Waals surface area contributed by atoms with Crippen molar-refractivity contribution in [3.8, 4) is 44.5 Å². The number of anilines is 3. The van der Waals surface area contributed by atoms with Crippen LogP contribution >= 0.6 is 11.3 Å². The molecule has 11 rings (SSSR count). The zero-order chi connectivity index (χ0) is 38.4. The van der Waals surface area contributed by atoms with E-state index < -0.39 is 0 Å². The first-order chi connectivity index (χ1) is 28.8. The third kappa shape index (κ3) is 5.77. The van der Waals surface area contributed by atoms with Gasteiger partial charge < -0.3 is 4.90 Å². The third-order valence-electron chi connectivity index (χ3n) is 11.5. The van der Waals surface area contributed by atoms with E-state index in [9.17, 15) is 0 Å². The average Bonchev–Trinajstić information content (AvgIpc) is 3.69. The Kier molecular flexibility index (Phi) is 8.42. The SMILES string of the molecule is c1ccc(-c2ccccc2-c2c(-c3ccccc3)cccc2N(c2cccc(-c3cccc4c3sc3ccccc34)c2)c2cc3ccccc3c3ccccc23)cc1. The van der Waals surface area contributed by atoms with Gasteiger partial charge in [-0.3, -0.25) is 0 Å². The Bertz CT molecular complexity index is 3290. The Morgan fingerprint density at radius 1 is 0.310 bits per heavy atom. The van der Waals surface area contributed by atoms with Crippen molar-refractivity contribution < 1.29 is 0 Å². The summed E-state index contributed by atoms with van der Waals surface area (Å²) >= 11 is 1.88. The quantitative estimate of drug-likeness (QED) is 0.146. The smallest absolute Gasteiger partial charge is 0.0546 e. The average molecular weight is 756 g/mol. The van der Waals surface area contributed by atoms with E-state index >= 15 is 0 Å². The minimum atomic E-state index is 1.10. The van der Waals surface area contributed by atoms with Crippen LogP contribution in [0.1, 0.15) is 0 Å². The summed E-state index contributed by atoms with van der Waals surface area (Å²) in [6.07, 6.45) is 0. The zero-order valence-corrected chi connectivity index (χ0v) is 32.5. The van der Waals surface area contributed by atoms with Crippen molar-refractivity contribution in [3.63, 3.8) is 0 Å². The monoisotopic (exact) mass is 755 g/mol. The lowest BCUT2D eigenvalue weighted by Crippen LogP contribution is -2.13. The van der Waals surface area contributed by atoms with Crippen LogP contribution in [0.2, 0.25) is 0 Å². The largest absolute Gasteiger partial charge is 0.309 e. The van der Waals surface area contributed by atoms with Crippen LogP contribution < -0.4 is 4.90 Å². The molecule has 0 fully saturated rings. The molecule has 2 heteroatoms. The molecule has 0 saturated heterocycles. The summed E-state index contributed by atoms with van der Waals surface area (Å²) in [6, 6.07) is 82.1. The van der Waals surface area contributed by atoms with Crippen LogP contribution in [0.15, 0.2) is 224 Å². The maximum atomic E-state index is 2.52. The highest BCUT2D eigenvalue weighted by Gasteiger charge is 2.25. The van der Waals surface area contributed by atoms with Crippen LogP contribution in [0.5, 0.6) is 0 Å². The third-order valence-corrected chi connectivity index (χ3v) is 12.7. The highest BCUT2D eigenvalue weighted by atomic mass is 32.1. The molecule has 0 unspecified atom stereocenters. The molecule has 10 aromatic carbocycles. The molecule has 1 heterocycles. The van der Waals surface area contributed by atoms with Crippen molar-refractivity contribution in [2.24, 2.45) is 0 Å². The van der Waals surface area contributed by atoms with Crippen LogP contribution in [0, 0.1) is 0 Å². The fourth-order valence-electron chi connectivity index (χ4n) is 8.85. The fourth-order valence-corrected chi connectivity index (χ4v) is 10.1. The van der Waals surface area contributed by atoms with Gasteiger partial charge in [0.1, 0.15) is 0 Å². The first-order valence-electron chi connectivity index (χ1n) is 19.8. The molecular formula is C56H37NS. The van der Waals surface area contributed by atoms with Crippen LogP contribution in [-0.2, 0) is 0 Å². The maximum absolute atomic E-state index is 2.52. The molecule has 1 aromatic heterocycles. The van der Waals surface area contributed by atoms with Crippen LogP contribution in [0.25, 0.3) is 86.2 Å². The molecule has 0 amide bonds. The molecule has 1 nitrogen and oxygen atoms in total. The summed E-state index contributed by atoms with van der Waals surface area (Å²) in [6.45, 7) is 0. The molecular weight excluding hydrogens is 719 g/mol. The molecule has 0 aliphatic heterocycles. The Labute approximate surface area is 342 Å². The molecule has 0 atom stereocenters. The molecule has 0 aliphatic rings.